The van der Waals surface area contributed by atoms with Crippen molar-refractivity contribution in [3.8, 4) is 0 Å². The SMILES string of the molecule is CCCC[C@H]1[C@@H]2CCC(=O)[C@H]12. The van der Waals surface area contributed by atoms with Gasteiger partial charge in [-0.1, -0.05) is 19.8 Å². The number of fused-ring (bicyclic) bond motifs is 1. The highest BCUT2D eigenvalue weighted by atomic mass is 16.1. The molecule has 0 spiro atoms. The zero-order valence-electron chi connectivity index (χ0n) is 7.18. The molecule has 62 valence electrons. The lowest BCUT2D eigenvalue weighted by molar-refractivity contribution is -0.119. The molecule has 2 fully saturated rings. The second-order valence-corrected chi connectivity index (χ2v) is 4.00. The van der Waals surface area contributed by atoms with E-state index >= 15 is 0 Å². The maximum atomic E-state index is 11.2. The minimum atomic E-state index is 0.529. The van der Waals surface area contributed by atoms with Crippen LogP contribution in [0.15, 0.2) is 0 Å². The maximum Gasteiger partial charge on any atom is 0.136 e. The van der Waals surface area contributed by atoms with E-state index in [9.17, 15) is 4.79 Å². The van der Waals surface area contributed by atoms with E-state index in [-0.39, 0.29) is 0 Å². The third-order valence-corrected chi connectivity index (χ3v) is 3.32. The van der Waals surface area contributed by atoms with Gasteiger partial charge in [-0.2, -0.15) is 0 Å². The van der Waals surface area contributed by atoms with E-state index < -0.39 is 0 Å². The minimum Gasteiger partial charge on any atom is -0.299 e. The molecule has 2 rings (SSSR count). The molecule has 0 amide bonds. The van der Waals surface area contributed by atoms with E-state index in [1.54, 1.807) is 0 Å². The van der Waals surface area contributed by atoms with Crippen LogP contribution in [0.25, 0.3) is 0 Å². The molecular weight excluding hydrogens is 136 g/mol. The maximum absolute atomic E-state index is 11.2. The van der Waals surface area contributed by atoms with Crippen LogP contribution in [0.1, 0.15) is 39.0 Å². The van der Waals surface area contributed by atoms with Crippen LogP contribution in [-0.4, -0.2) is 5.78 Å². The number of carbonyl (C=O) groups is 1. The molecule has 0 aromatic carbocycles. The van der Waals surface area contributed by atoms with Crippen molar-refractivity contribution in [2.75, 3.05) is 0 Å². The molecule has 0 aromatic heterocycles. The van der Waals surface area contributed by atoms with Crippen molar-refractivity contribution in [3.63, 3.8) is 0 Å². The Balaban J connectivity index is 1.80. The third kappa shape index (κ3) is 1.11. The molecule has 0 radical (unpaired) electrons. The van der Waals surface area contributed by atoms with Crippen LogP contribution in [-0.2, 0) is 4.79 Å². The number of hydrogen-bond acceptors (Lipinski definition) is 1. The first kappa shape index (κ1) is 7.33. The summed E-state index contributed by atoms with van der Waals surface area (Å²) < 4.78 is 0. The zero-order valence-corrected chi connectivity index (χ0v) is 7.18. The summed E-state index contributed by atoms with van der Waals surface area (Å²) in [4.78, 5) is 11.2. The van der Waals surface area contributed by atoms with Crippen LogP contribution in [0, 0.1) is 17.8 Å². The van der Waals surface area contributed by atoms with Crippen LogP contribution < -0.4 is 0 Å². The molecule has 3 atom stereocenters. The van der Waals surface area contributed by atoms with Gasteiger partial charge in [0, 0.05) is 12.3 Å². The number of hydrogen-bond donors (Lipinski definition) is 0. The molecule has 2 saturated carbocycles. The molecule has 0 unspecified atom stereocenters. The Morgan fingerprint density at radius 3 is 2.91 bits per heavy atom. The summed E-state index contributed by atoms with van der Waals surface area (Å²) in [6.45, 7) is 2.22. The van der Waals surface area contributed by atoms with E-state index in [4.69, 9.17) is 0 Å². The molecule has 0 N–H and O–H groups in total. The molecule has 1 nitrogen and oxygen atoms in total. The van der Waals surface area contributed by atoms with Gasteiger partial charge in [-0.15, -0.1) is 0 Å². The van der Waals surface area contributed by atoms with Crippen LogP contribution in [0.5, 0.6) is 0 Å². The summed E-state index contributed by atoms with van der Waals surface area (Å²) in [7, 11) is 0. The molecule has 2 aliphatic rings. The van der Waals surface area contributed by atoms with Crippen molar-refractivity contribution in [3.05, 3.63) is 0 Å². The average molecular weight is 152 g/mol. The molecule has 0 saturated heterocycles. The largest absolute Gasteiger partial charge is 0.299 e. The van der Waals surface area contributed by atoms with Crippen molar-refractivity contribution in [1.29, 1.82) is 0 Å². The lowest BCUT2D eigenvalue weighted by Gasteiger charge is -1.99. The Morgan fingerprint density at radius 1 is 1.55 bits per heavy atom. The zero-order chi connectivity index (χ0) is 7.84. The molecule has 0 aromatic rings. The Labute approximate surface area is 68.2 Å². The van der Waals surface area contributed by atoms with Gasteiger partial charge >= 0.3 is 0 Å². The van der Waals surface area contributed by atoms with Gasteiger partial charge in [0.2, 0.25) is 0 Å². The number of rotatable bonds is 3. The average Bonchev–Trinajstić information content (AvgIpc) is 2.58. The number of ketones is 1. The fraction of sp³-hybridized carbons (Fsp3) is 0.900. The molecule has 0 heterocycles. The van der Waals surface area contributed by atoms with Gasteiger partial charge < -0.3 is 0 Å². The highest BCUT2D eigenvalue weighted by Crippen LogP contribution is 2.57. The highest BCUT2D eigenvalue weighted by molar-refractivity contribution is 5.87. The van der Waals surface area contributed by atoms with Crippen molar-refractivity contribution in [2.24, 2.45) is 17.8 Å². The van der Waals surface area contributed by atoms with Gasteiger partial charge in [-0.05, 0) is 24.7 Å². The summed E-state index contributed by atoms with van der Waals surface area (Å²) in [5, 5.41) is 0. The first-order chi connectivity index (χ1) is 5.34. The topological polar surface area (TPSA) is 17.1 Å². The predicted octanol–water partition coefficient (Wildman–Crippen LogP) is 2.40. The molecule has 1 heteroatoms. The van der Waals surface area contributed by atoms with Gasteiger partial charge in [0.1, 0.15) is 5.78 Å². The molecule has 2 aliphatic carbocycles. The second-order valence-electron chi connectivity index (χ2n) is 4.00. The lowest BCUT2D eigenvalue weighted by Crippen LogP contribution is -1.98. The van der Waals surface area contributed by atoms with Crippen molar-refractivity contribution in [1.82, 2.24) is 0 Å². The summed E-state index contributed by atoms with van der Waals surface area (Å²) in [6.07, 6.45) is 6.02. The second kappa shape index (κ2) is 2.62. The number of unbranched alkanes of at least 4 members (excludes halogenated alkanes) is 1. The summed E-state index contributed by atoms with van der Waals surface area (Å²) in [5.41, 5.74) is 0. The van der Waals surface area contributed by atoms with E-state index in [1.165, 1.54) is 25.7 Å². The molecular formula is C10H16O. The number of carbonyl (C=O) groups excluding carboxylic acids is 1. The first-order valence-electron chi connectivity index (χ1n) is 4.87. The highest BCUT2D eigenvalue weighted by Gasteiger charge is 2.56. The Kier molecular flexibility index (Phi) is 1.74. The van der Waals surface area contributed by atoms with Crippen LogP contribution in [0.2, 0.25) is 0 Å². The molecule has 11 heavy (non-hydrogen) atoms. The molecule has 0 aliphatic heterocycles. The fourth-order valence-corrected chi connectivity index (χ4v) is 2.63. The predicted molar refractivity (Wildman–Crippen MR) is 44.2 cm³/mol. The fourth-order valence-electron chi connectivity index (χ4n) is 2.63. The molecule has 0 bridgehead atoms. The van der Waals surface area contributed by atoms with Gasteiger partial charge in [0.15, 0.2) is 0 Å². The normalized spacial score (nSPS) is 40.8. The van der Waals surface area contributed by atoms with Crippen LogP contribution >= 0.6 is 0 Å². The quantitative estimate of drug-likeness (QED) is 0.607. The van der Waals surface area contributed by atoms with Crippen molar-refractivity contribution >= 4 is 5.78 Å². The Morgan fingerprint density at radius 2 is 2.36 bits per heavy atom. The first-order valence-corrected chi connectivity index (χ1v) is 4.87. The minimum absolute atomic E-state index is 0.529. The van der Waals surface area contributed by atoms with E-state index in [1.807, 2.05) is 0 Å². The van der Waals surface area contributed by atoms with Crippen LogP contribution in [0.3, 0.4) is 0 Å². The lowest BCUT2D eigenvalue weighted by atomic mass is 10.1. The van der Waals surface area contributed by atoms with Crippen molar-refractivity contribution in [2.45, 2.75) is 39.0 Å². The summed E-state index contributed by atoms with van der Waals surface area (Å²) in [5.74, 6) is 2.74. The Hall–Kier alpha value is -0.330. The standard InChI is InChI=1S/C10H16O/c1-2-3-4-7-8-5-6-9(11)10(7)8/h7-8,10H,2-6H2,1H3/t7-,8-,10+/m0/s1. The van der Waals surface area contributed by atoms with E-state index in [2.05, 4.69) is 6.92 Å². The van der Waals surface area contributed by atoms with Gasteiger partial charge in [-0.3, -0.25) is 4.79 Å². The monoisotopic (exact) mass is 152 g/mol. The smallest absolute Gasteiger partial charge is 0.136 e. The van der Waals surface area contributed by atoms with E-state index in [0.717, 1.165) is 18.3 Å². The van der Waals surface area contributed by atoms with Crippen LogP contribution in [0.4, 0.5) is 0 Å². The number of Topliss-reactive ketones (excluding diaryl/α,β-unsaturated/α-hetero) is 1. The van der Waals surface area contributed by atoms with Gasteiger partial charge in [-0.25, -0.2) is 0 Å². The van der Waals surface area contributed by atoms with E-state index in [0.29, 0.717) is 11.7 Å². The summed E-state index contributed by atoms with van der Waals surface area (Å²) in [6, 6.07) is 0. The van der Waals surface area contributed by atoms with Gasteiger partial charge in [0.05, 0.1) is 0 Å². The third-order valence-electron chi connectivity index (χ3n) is 3.32. The van der Waals surface area contributed by atoms with Crippen molar-refractivity contribution < 1.29 is 4.79 Å². The van der Waals surface area contributed by atoms with Gasteiger partial charge in [0.25, 0.3) is 0 Å². The summed E-state index contributed by atoms with van der Waals surface area (Å²) >= 11 is 0. The Bertz CT molecular complexity index is 174.